The molecular formula is C31H31Cl2N3O3. The first-order valence-electron chi connectivity index (χ1n) is 13.0. The van der Waals surface area contributed by atoms with Crippen LogP contribution in [0.25, 0.3) is 22.0 Å². The Hall–Kier alpha value is -3.19. The second-order valence-corrected chi connectivity index (χ2v) is 11.7. The van der Waals surface area contributed by atoms with Gasteiger partial charge in [-0.05, 0) is 62.9 Å². The third-order valence-corrected chi connectivity index (χ3v) is 7.81. The van der Waals surface area contributed by atoms with E-state index in [-0.39, 0.29) is 12.0 Å². The Morgan fingerprint density at radius 3 is 2.51 bits per heavy atom. The fraction of sp³-hybridized carbons (Fsp3) is 0.323. The highest BCUT2D eigenvalue weighted by atomic mass is 35.5. The summed E-state index contributed by atoms with van der Waals surface area (Å²) < 4.78 is 5.64. The number of aromatic nitrogens is 2. The van der Waals surface area contributed by atoms with Crippen molar-refractivity contribution >= 4 is 40.2 Å². The summed E-state index contributed by atoms with van der Waals surface area (Å²) in [7, 11) is 0. The Balaban J connectivity index is 1.62. The lowest BCUT2D eigenvalue weighted by atomic mass is 9.73. The predicted octanol–water partition coefficient (Wildman–Crippen LogP) is 7.49. The molecule has 2 aromatic heterocycles. The van der Waals surface area contributed by atoms with E-state index in [1.54, 1.807) is 23.4 Å². The lowest BCUT2D eigenvalue weighted by Crippen LogP contribution is -2.49. The summed E-state index contributed by atoms with van der Waals surface area (Å²) in [5.41, 5.74) is 1.35. The van der Waals surface area contributed by atoms with Crippen molar-refractivity contribution in [3.63, 3.8) is 0 Å². The number of carbonyl (C=O) groups is 1. The molecule has 1 aliphatic heterocycles. The summed E-state index contributed by atoms with van der Waals surface area (Å²) in [6.45, 7) is 6.45. The molecule has 0 saturated carbocycles. The van der Waals surface area contributed by atoms with E-state index < -0.39 is 11.2 Å². The van der Waals surface area contributed by atoms with Crippen molar-refractivity contribution in [3.05, 3.63) is 94.4 Å². The van der Waals surface area contributed by atoms with Crippen LogP contribution < -0.4 is 0 Å². The van der Waals surface area contributed by atoms with Crippen LogP contribution in [0.4, 0.5) is 4.79 Å². The highest BCUT2D eigenvalue weighted by Crippen LogP contribution is 2.44. The lowest BCUT2D eigenvalue weighted by Gasteiger charge is -2.43. The number of carbonyl (C=O) groups excluding carboxylic acids is 1. The molecule has 1 fully saturated rings. The second-order valence-electron chi connectivity index (χ2n) is 11.0. The molecule has 6 nitrogen and oxygen atoms in total. The first-order valence-corrected chi connectivity index (χ1v) is 13.8. The molecule has 1 aliphatic rings. The topological polar surface area (TPSA) is 75.5 Å². The van der Waals surface area contributed by atoms with E-state index in [4.69, 9.17) is 27.9 Å². The Bertz CT molecular complexity index is 1490. The minimum Gasteiger partial charge on any atom is -0.444 e. The van der Waals surface area contributed by atoms with Gasteiger partial charge >= 0.3 is 6.09 Å². The highest BCUT2D eigenvalue weighted by Gasteiger charge is 2.44. The fourth-order valence-electron chi connectivity index (χ4n) is 5.32. The van der Waals surface area contributed by atoms with Gasteiger partial charge in [0, 0.05) is 47.9 Å². The first-order chi connectivity index (χ1) is 18.6. The zero-order valence-corrected chi connectivity index (χ0v) is 23.7. The van der Waals surface area contributed by atoms with Crippen LogP contribution >= 0.6 is 23.2 Å². The Morgan fingerprint density at radius 2 is 1.82 bits per heavy atom. The number of benzene rings is 2. The molecule has 2 atom stereocenters. The molecule has 1 amide bonds. The van der Waals surface area contributed by atoms with Gasteiger partial charge in [0.15, 0.2) is 0 Å². The molecule has 2 aromatic carbocycles. The Labute approximate surface area is 238 Å². The van der Waals surface area contributed by atoms with Crippen LogP contribution in [0.15, 0.2) is 73.1 Å². The van der Waals surface area contributed by atoms with Gasteiger partial charge in [-0.15, -0.1) is 0 Å². The standard InChI is InChI=1S/C31H31Cl2N3O3/c1-30(2,3)39-29(37)36-16-8-12-23(19-36)31(38,22-11-7-15-34-18-22)21-13-14-25-24(17-21)27(32)26(28(33)35-25)20-9-5-4-6-10-20/h4-7,9-11,13-15,17-18,23,38H,8,12,16,19H2,1-3H3. The van der Waals surface area contributed by atoms with E-state index in [1.165, 1.54) is 0 Å². The van der Waals surface area contributed by atoms with Gasteiger partial charge in [-0.2, -0.15) is 0 Å². The highest BCUT2D eigenvalue weighted by molar-refractivity contribution is 6.42. The van der Waals surface area contributed by atoms with Crippen LogP contribution in [0.5, 0.6) is 0 Å². The zero-order valence-electron chi connectivity index (χ0n) is 22.2. The van der Waals surface area contributed by atoms with Crippen LogP contribution in [-0.4, -0.2) is 44.8 Å². The number of ether oxygens (including phenoxy) is 1. The number of likely N-dealkylation sites (tertiary alicyclic amines) is 1. The zero-order chi connectivity index (χ0) is 27.8. The maximum atomic E-state index is 13.0. The smallest absolute Gasteiger partial charge is 0.410 e. The third kappa shape index (κ3) is 5.46. The number of pyridine rings is 2. The number of rotatable bonds is 4. The van der Waals surface area contributed by atoms with E-state index in [2.05, 4.69) is 9.97 Å². The maximum Gasteiger partial charge on any atom is 0.410 e. The average molecular weight is 565 g/mol. The molecule has 1 saturated heterocycles. The minimum atomic E-state index is -1.45. The van der Waals surface area contributed by atoms with Crippen LogP contribution in [0.2, 0.25) is 10.2 Å². The maximum absolute atomic E-state index is 13.0. The van der Waals surface area contributed by atoms with Crippen LogP contribution in [0.1, 0.15) is 44.7 Å². The molecule has 0 bridgehead atoms. The number of nitrogens with zero attached hydrogens (tertiary/aromatic N) is 3. The van der Waals surface area contributed by atoms with Crippen LogP contribution in [-0.2, 0) is 10.3 Å². The molecular weight excluding hydrogens is 533 g/mol. The summed E-state index contributed by atoms with van der Waals surface area (Å²) in [4.78, 5) is 23.5. The van der Waals surface area contributed by atoms with E-state index in [1.807, 2.05) is 75.4 Å². The van der Waals surface area contributed by atoms with Gasteiger partial charge in [0.25, 0.3) is 0 Å². The minimum absolute atomic E-state index is 0.312. The summed E-state index contributed by atoms with van der Waals surface area (Å²) in [6.07, 6.45) is 4.41. The predicted molar refractivity (Wildman–Crippen MR) is 155 cm³/mol. The van der Waals surface area contributed by atoms with Gasteiger partial charge in [0.2, 0.25) is 0 Å². The lowest BCUT2D eigenvalue weighted by molar-refractivity contribution is -0.0302. The Morgan fingerprint density at radius 1 is 1.05 bits per heavy atom. The molecule has 0 aliphatic carbocycles. The van der Waals surface area contributed by atoms with E-state index in [9.17, 15) is 9.90 Å². The average Bonchev–Trinajstić information content (AvgIpc) is 2.93. The molecule has 0 radical (unpaired) electrons. The van der Waals surface area contributed by atoms with Gasteiger partial charge < -0.3 is 14.7 Å². The first kappa shape index (κ1) is 27.4. The molecule has 202 valence electrons. The summed E-state index contributed by atoms with van der Waals surface area (Å²) in [5, 5.41) is 14.1. The molecule has 5 rings (SSSR count). The largest absolute Gasteiger partial charge is 0.444 e. The third-order valence-electron chi connectivity index (χ3n) is 7.15. The number of amides is 1. The molecule has 8 heteroatoms. The van der Waals surface area contributed by atoms with E-state index in [0.29, 0.717) is 57.3 Å². The van der Waals surface area contributed by atoms with E-state index >= 15 is 0 Å². The van der Waals surface area contributed by atoms with Crippen LogP contribution in [0.3, 0.4) is 0 Å². The number of halogens is 2. The van der Waals surface area contributed by atoms with Gasteiger partial charge in [-0.3, -0.25) is 4.98 Å². The van der Waals surface area contributed by atoms with Crippen molar-refractivity contribution in [1.29, 1.82) is 0 Å². The van der Waals surface area contributed by atoms with Crippen molar-refractivity contribution in [3.8, 4) is 11.1 Å². The van der Waals surface area contributed by atoms with Gasteiger partial charge in [-0.25, -0.2) is 9.78 Å². The second kappa shape index (κ2) is 10.8. The summed E-state index contributed by atoms with van der Waals surface area (Å²) in [6, 6.07) is 18.9. The summed E-state index contributed by atoms with van der Waals surface area (Å²) >= 11 is 13.6. The van der Waals surface area contributed by atoms with Crippen LogP contribution in [0, 0.1) is 5.92 Å². The number of piperidine rings is 1. The van der Waals surface area contributed by atoms with Crippen molar-refractivity contribution in [2.45, 2.75) is 44.8 Å². The molecule has 3 heterocycles. The Kier molecular flexibility index (Phi) is 7.55. The molecule has 0 spiro atoms. The molecule has 2 unspecified atom stereocenters. The van der Waals surface area contributed by atoms with Crippen molar-refractivity contribution in [2.75, 3.05) is 13.1 Å². The van der Waals surface area contributed by atoms with Gasteiger partial charge in [0.1, 0.15) is 16.4 Å². The molecule has 4 aromatic rings. The molecule has 39 heavy (non-hydrogen) atoms. The quantitative estimate of drug-likeness (QED) is 0.260. The van der Waals surface area contributed by atoms with Crippen molar-refractivity contribution < 1.29 is 14.6 Å². The number of aliphatic hydroxyl groups is 1. The van der Waals surface area contributed by atoms with Gasteiger partial charge in [0.05, 0.1) is 10.5 Å². The summed E-state index contributed by atoms with van der Waals surface area (Å²) in [5.74, 6) is -0.312. The fourth-order valence-corrected chi connectivity index (χ4v) is 6.01. The number of hydrogen-bond acceptors (Lipinski definition) is 5. The van der Waals surface area contributed by atoms with Crippen molar-refractivity contribution in [2.24, 2.45) is 5.92 Å². The normalized spacial score (nSPS) is 17.6. The SMILES string of the molecule is CC(C)(C)OC(=O)N1CCCC(C(O)(c2cccnc2)c2ccc3nc(Cl)c(-c4ccccc4)c(Cl)c3c2)C1. The van der Waals surface area contributed by atoms with E-state index in [0.717, 1.165) is 12.0 Å². The number of hydrogen-bond donors (Lipinski definition) is 1. The van der Waals surface area contributed by atoms with Crippen molar-refractivity contribution in [1.82, 2.24) is 14.9 Å². The van der Waals surface area contributed by atoms with Gasteiger partial charge in [-0.1, -0.05) is 65.7 Å². The molecule has 1 N–H and O–H groups in total. The number of fused-ring (bicyclic) bond motifs is 1. The monoisotopic (exact) mass is 563 g/mol.